The number of alkyl halides is 5. The van der Waals surface area contributed by atoms with E-state index in [1.807, 2.05) is 0 Å². The van der Waals surface area contributed by atoms with Gasteiger partial charge in [0.1, 0.15) is 6.54 Å². The largest absolute Gasteiger partial charge is 0.493 e. The van der Waals surface area contributed by atoms with Crippen LogP contribution in [0.2, 0.25) is 0 Å². The molecular formula is C16H14F5N3O5. The Morgan fingerprint density at radius 3 is 2.41 bits per heavy atom. The molecule has 13 heteroatoms. The first-order valence-electron chi connectivity index (χ1n) is 7.70. The fourth-order valence-electron chi connectivity index (χ4n) is 2.23. The SMILES string of the molecule is COC(=O)c1cc(OC)c(OC(F)F)cc1NC(=O)Cn1ccc(C(F)(F)F)n1. The molecule has 0 saturated heterocycles. The number of halogens is 5. The summed E-state index contributed by atoms with van der Waals surface area (Å²) in [4.78, 5) is 24.1. The summed E-state index contributed by atoms with van der Waals surface area (Å²) in [5.41, 5.74) is -1.73. The standard InChI is InChI=1S/C16H14F5N3O5/c1-27-10-5-8(14(26)28-2)9(6-11(10)29-15(17)18)22-13(25)7-24-4-3-12(23-24)16(19,20)21/h3-6,15H,7H2,1-2H3,(H,22,25). The molecule has 1 N–H and O–H groups in total. The molecule has 0 aliphatic heterocycles. The maximum absolute atomic E-state index is 12.6. The Hall–Kier alpha value is -3.38. The molecule has 8 nitrogen and oxygen atoms in total. The van der Waals surface area contributed by atoms with Crippen LogP contribution in [0.1, 0.15) is 16.1 Å². The number of hydrogen-bond donors (Lipinski definition) is 1. The van der Waals surface area contributed by atoms with Crippen LogP contribution in [0.5, 0.6) is 11.5 Å². The van der Waals surface area contributed by atoms with Crippen LogP contribution in [0.3, 0.4) is 0 Å². The molecule has 1 aromatic carbocycles. The number of benzene rings is 1. The molecule has 0 atom stereocenters. The molecule has 158 valence electrons. The Labute approximate surface area is 160 Å². The summed E-state index contributed by atoms with van der Waals surface area (Å²) in [6.07, 6.45) is -3.75. The van der Waals surface area contributed by atoms with Gasteiger partial charge in [0.15, 0.2) is 17.2 Å². The van der Waals surface area contributed by atoms with Crippen LogP contribution in [-0.4, -0.2) is 42.5 Å². The topological polar surface area (TPSA) is 91.7 Å². The molecule has 0 bridgehead atoms. The second-order valence-electron chi connectivity index (χ2n) is 5.36. The zero-order chi connectivity index (χ0) is 21.8. The number of nitrogens with one attached hydrogen (secondary N) is 1. The second-order valence-corrected chi connectivity index (χ2v) is 5.36. The van der Waals surface area contributed by atoms with E-state index < -0.39 is 42.7 Å². The number of nitrogens with zero attached hydrogens (tertiary/aromatic N) is 2. The highest BCUT2D eigenvalue weighted by molar-refractivity contribution is 6.02. The van der Waals surface area contributed by atoms with Crippen molar-refractivity contribution in [3.63, 3.8) is 0 Å². The lowest BCUT2D eigenvalue weighted by Crippen LogP contribution is -2.21. The lowest BCUT2D eigenvalue weighted by atomic mass is 10.1. The number of ether oxygens (including phenoxy) is 3. The van der Waals surface area contributed by atoms with Crippen molar-refractivity contribution in [2.75, 3.05) is 19.5 Å². The molecule has 1 heterocycles. The summed E-state index contributed by atoms with van der Waals surface area (Å²) < 4.78 is 77.3. The molecule has 0 aliphatic rings. The van der Waals surface area contributed by atoms with Gasteiger partial charge in [-0.25, -0.2) is 4.79 Å². The van der Waals surface area contributed by atoms with Crippen LogP contribution in [-0.2, 0) is 22.3 Å². The number of esters is 1. The molecule has 0 radical (unpaired) electrons. The minimum Gasteiger partial charge on any atom is -0.493 e. The molecule has 2 aromatic rings. The van der Waals surface area contributed by atoms with Gasteiger partial charge in [0.2, 0.25) is 5.91 Å². The van der Waals surface area contributed by atoms with E-state index in [2.05, 4.69) is 19.9 Å². The normalized spacial score (nSPS) is 11.3. The van der Waals surface area contributed by atoms with Crippen molar-refractivity contribution in [3.05, 3.63) is 35.7 Å². The Balaban J connectivity index is 2.30. The van der Waals surface area contributed by atoms with Crippen LogP contribution in [0.4, 0.5) is 27.6 Å². The van der Waals surface area contributed by atoms with Gasteiger partial charge in [0, 0.05) is 18.3 Å². The molecule has 0 unspecified atom stereocenters. The molecule has 1 amide bonds. The highest BCUT2D eigenvalue weighted by Crippen LogP contribution is 2.35. The van der Waals surface area contributed by atoms with Gasteiger partial charge in [-0.3, -0.25) is 9.48 Å². The van der Waals surface area contributed by atoms with Gasteiger partial charge in [-0.05, 0) is 6.07 Å². The maximum Gasteiger partial charge on any atom is 0.435 e. The van der Waals surface area contributed by atoms with Crippen LogP contribution >= 0.6 is 0 Å². The van der Waals surface area contributed by atoms with Gasteiger partial charge < -0.3 is 19.5 Å². The molecule has 0 aliphatic carbocycles. The zero-order valence-corrected chi connectivity index (χ0v) is 14.9. The quantitative estimate of drug-likeness (QED) is 0.544. The van der Waals surface area contributed by atoms with E-state index in [0.29, 0.717) is 6.07 Å². The van der Waals surface area contributed by atoms with Crippen molar-refractivity contribution >= 4 is 17.6 Å². The number of amides is 1. The van der Waals surface area contributed by atoms with Crippen molar-refractivity contribution in [3.8, 4) is 11.5 Å². The zero-order valence-electron chi connectivity index (χ0n) is 14.9. The van der Waals surface area contributed by atoms with E-state index in [1.165, 1.54) is 0 Å². The third-order valence-electron chi connectivity index (χ3n) is 3.44. The summed E-state index contributed by atoms with van der Waals surface area (Å²) in [7, 11) is 2.19. The van der Waals surface area contributed by atoms with Crippen LogP contribution in [0.15, 0.2) is 24.4 Å². The van der Waals surface area contributed by atoms with Crippen molar-refractivity contribution in [1.29, 1.82) is 0 Å². The predicted octanol–water partition coefficient (Wildman–Crippen LogP) is 2.94. The van der Waals surface area contributed by atoms with Gasteiger partial charge in [-0.1, -0.05) is 0 Å². The van der Waals surface area contributed by atoms with Crippen molar-refractivity contribution in [2.24, 2.45) is 0 Å². The van der Waals surface area contributed by atoms with E-state index in [0.717, 1.165) is 37.2 Å². The van der Waals surface area contributed by atoms with Crippen LogP contribution < -0.4 is 14.8 Å². The fourth-order valence-corrected chi connectivity index (χ4v) is 2.23. The van der Waals surface area contributed by atoms with Gasteiger partial charge in [0.25, 0.3) is 0 Å². The van der Waals surface area contributed by atoms with Crippen LogP contribution in [0, 0.1) is 0 Å². The average molecular weight is 423 g/mol. The Kier molecular flexibility index (Phi) is 6.61. The first-order valence-corrected chi connectivity index (χ1v) is 7.70. The van der Waals surface area contributed by atoms with Crippen molar-refractivity contribution < 1.29 is 45.8 Å². The highest BCUT2D eigenvalue weighted by Gasteiger charge is 2.33. The third kappa shape index (κ3) is 5.56. The number of aromatic nitrogens is 2. The lowest BCUT2D eigenvalue weighted by molar-refractivity contribution is -0.141. The smallest absolute Gasteiger partial charge is 0.435 e. The number of anilines is 1. The summed E-state index contributed by atoms with van der Waals surface area (Å²) in [5.74, 6) is -2.53. The van der Waals surface area contributed by atoms with Crippen molar-refractivity contribution in [2.45, 2.75) is 19.3 Å². The van der Waals surface area contributed by atoms with Gasteiger partial charge in [-0.15, -0.1) is 0 Å². The van der Waals surface area contributed by atoms with E-state index in [9.17, 15) is 31.5 Å². The van der Waals surface area contributed by atoms with Crippen molar-refractivity contribution in [1.82, 2.24) is 9.78 Å². The lowest BCUT2D eigenvalue weighted by Gasteiger charge is -2.15. The number of carbonyl (C=O) groups is 2. The van der Waals surface area contributed by atoms with Crippen LogP contribution in [0.25, 0.3) is 0 Å². The van der Waals surface area contributed by atoms with E-state index in [-0.39, 0.29) is 17.0 Å². The number of methoxy groups -OCH3 is 2. The first kappa shape index (κ1) is 21.9. The Morgan fingerprint density at radius 2 is 1.90 bits per heavy atom. The van der Waals surface area contributed by atoms with Gasteiger partial charge >= 0.3 is 18.8 Å². The number of hydrogen-bond acceptors (Lipinski definition) is 6. The minimum atomic E-state index is -4.68. The first-order chi connectivity index (χ1) is 13.5. The fraction of sp³-hybridized carbons (Fsp3) is 0.312. The summed E-state index contributed by atoms with van der Waals surface area (Å²) in [6.45, 7) is -3.87. The molecule has 0 fully saturated rings. The highest BCUT2D eigenvalue weighted by atomic mass is 19.4. The third-order valence-corrected chi connectivity index (χ3v) is 3.44. The van der Waals surface area contributed by atoms with E-state index in [4.69, 9.17) is 4.74 Å². The summed E-state index contributed by atoms with van der Waals surface area (Å²) >= 11 is 0. The molecule has 0 saturated carbocycles. The van der Waals surface area contributed by atoms with E-state index >= 15 is 0 Å². The molecule has 29 heavy (non-hydrogen) atoms. The maximum atomic E-state index is 12.6. The summed E-state index contributed by atoms with van der Waals surface area (Å²) in [6, 6.07) is 2.59. The molecule has 1 aromatic heterocycles. The molecule has 2 rings (SSSR count). The van der Waals surface area contributed by atoms with Gasteiger partial charge in [0.05, 0.1) is 25.5 Å². The molecular weight excluding hydrogens is 409 g/mol. The number of rotatable bonds is 7. The average Bonchev–Trinajstić information content (AvgIpc) is 3.09. The second kappa shape index (κ2) is 8.75. The predicted molar refractivity (Wildman–Crippen MR) is 86.8 cm³/mol. The molecule has 0 spiro atoms. The van der Waals surface area contributed by atoms with E-state index in [1.54, 1.807) is 0 Å². The Bertz CT molecular complexity index is 898. The Morgan fingerprint density at radius 1 is 1.21 bits per heavy atom. The monoisotopic (exact) mass is 423 g/mol. The summed E-state index contributed by atoms with van der Waals surface area (Å²) in [5, 5.41) is 5.44. The van der Waals surface area contributed by atoms with Gasteiger partial charge in [-0.2, -0.15) is 27.1 Å². The number of carbonyl (C=O) groups excluding carboxylic acids is 2. The minimum absolute atomic E-state index is 0.231.